The van der Waals surface area contributed by atoms with Crippen LogP contribution in [0, 0.1) is 5.92 Å². The van der Waals surface area contributed by atoms with Crippen molar-refractivity contribution < 1.29 is 0 Å². The molecule has 0 radical (unpaired) electrons. The number of hydrogen-bond donors (Lipinski definition) is 1. The van der Waals surface area contributed by atoms with Crippen LogP contribution < -0.4 is 5.73 Å². The van der Waals surface area contributed by atoms with Gasteiger partial charge in [-0.1, -0.05) is 30.7 Å². The average Bonchev–Trinajstić information content (AvgIpc) is 2.60. The quantitative estimate of drug-likeness (QED) is 0.896. The summed E-state index contributed by atoms with van der Waals surface area (Å²) in [5.74, 6) is 0.798. The van der Waals surface area contributed by atoms with Crippen LogP contribution in [0.3, 0.4) is 0 Å². The molecule has 0 amide bonds. The molecule has 1 saturated heterocycles. The number of likely N-dealkylation sites (tertiary alicyclic amines) is 1. The van der Waals surface area contributed by atoms with Crippen molar-refractivity contribution in [2.45, 2.75) is 39.4 Å². The molecule has 0 spiro atoms. The van der Waals surface area contributed by atoms with Gasteiger partial charge in [-0.15, -0.1) is 0 Å². The normalized spacial score (nSPS) is 25.4. The second-order valence-electron chi connectivity index (χ2n) is 5.25. The predicted octanol–water partition coefficient (Wildman–Crippen LogP) is 3.03. The topological polar surface area (TPSA) is 29.3 Å². The molecule has 1 aliphatic heterocycles. The van der Waals surface area contributed by atoms with Crippen molar-refractivity contribution in [1.82, 2.24) is 4.90 Å². The Morgan fingerprint density at radius 2 is 2.18 bits per heavy atom. The van der Waals surface area contributed by atoms with Gasteiger partial charge in [0.2, 0.25) is 0 Å². The first-order valence-corrected chi connectivity index (χ1v) is 6.69. The molecule has 2 atom stereocenters. The number of nitrogens with two attached hydrogens (primary N) is 1. The van der Waals surface area contributed by atoms with Gasteiger partial charge in [-0.3, -0.25) is 4.90 Å². The Morgan fingerprint density at radius 1 is 1.41 bits per heavy atom. The van der Waals surface area contributed by atoms with Crippen LogP contribution >= 0.6 is 11.6 Å². The second-order valence-corrected chi connectivity index (χ2v) is 5.66. The molecule has 94 valence electrons. The van der Waals surface area contributed by atoms with Crippen molar-refractivity contribution in [1.29, 1.82) is 0 Å². The Balaban J connectivity index is 2.08. The molecular formula is C14H21ClN2. The molecule has 1 aromatic carbocycles. The van der Waals surface area contributed by atoms with E-state index in [-0.39, 0.29) is 0 Å². The van der Waals surface area contributed by atoms with Gasteiger partial charge in [0, 0.05) is 30.7 Å². The zero-order chi connectivity index (χ0) is 12.4. The van der Waals surface area contributed by atoms with E-state index in [2.05, 4.69) is 30.9 Å². The first-order chi connectivity index (χ1) is 8.10. The van der Waals surface area contributed by atoms with Crippen LogP contribution in [0.5, 0.6) is 0 Å². The molecule has 1 aromatic rings. The molecule has 1 fully saturated rings. The third kappa shape index (κ3) is 3.01. The Hall–Kier alpha value is -0.570. The van der Waals surface area contributed by atoms with Gasteiger partial charge in [-0.25, -0.2) is 0 Å². The predicted molar refractivity (Wildman–Crippen MR) is 73.0 cm³/mol. The highest BCUT2D eigenvalue weighted by molar-refractivity contribution is 6.31. The maximum atomic E-state index is 6.29. The van der Waals surface area contributed by atoms with E-state index in [1.54, 1.807) is 0 Å². The van der Waals surface area contributed by atoms with Gasteiger partial charge in [-0.05, 0) is 36.5 Å². The zero-order valence-corrected chi connectivity index (χ0v) is 11.4. The number of rotatable bonds is 3. The maximum Gasteiger partial charge on any atom is 0.0454 e. The summed E-state index contributed by atoms with van der Waals surface area (Å²) in [6.07, 6.45) is 1.29. The van der Waals surface area contributed by atoms with E-state index in [0.29, 0.717) is 12.6 Å². The van der Waals surface area contributed by atoms with E-state index in [1.807, 2.05) is 6.07 Å². The summed E-state index contributed by atoms with van der Waals surface area (Å²) in [5, 5.41) is 0.847. The van der Waals surface area contributed by atoms with Gasteiger partial charge in [0.25, 0.3) is 0 Å². The Bertz CT molecular complexity index is 392. The Morgan fingerprint density at radius 3 is 2.71 bits per heavy atom. The molecule has 0 saturated carbocycles. The lowest BCUT2D eigenvalue weighted by Gasteiger charge is -2.21. The molecule has 1 aliphatic rings. The second kappa shape index (κ2) is 5.38. The van der Waals surface area contributed by atoms with E-state index in [9.17, 15) is 0 Å². The summed E-state index contributed by atoms with van der Waals surface area (Å²) in [5.41, 5.74) is 7.92. The average molecular weight is 253 g/mol. The number of benzene rings is 1. The largest absolute Gasteiger partial charge is 0.326 e. The fourth-order valence-corrected chi connectivity index (χ4v) is 2.93. The van der Waals surface area contributed by atoms with E-state index in [1.165, 1.54) is 18.5 Å². The summed E-state index contributed by atoms with van der Waals surface area (Å²) in [6.45, 7) is 7.30. The van der Waals surface area contributed by atoms with Crippen LogP contribution in [-0.2, 0) is 13.1 Å². The minimum absolute atomic E-state index is 0.553. The van der Waals surface area contributed by atoms with Crippen LogP contribution in [0.1, 0.15) is 31.4 Å². The molecule has 0 aliphatic carbocycles. The van der Waals surface area contributed by atoms with E-state index < -0.39 is 0 Å². The number of nitrogens with zero attached hydrogens (tertiary/aromatic N) is 1. The van der Waals surface area contributed by atoms with E-state index >= 15 is 0 Å². The highest BCUT2D eigenvalue weighted by atomic mass is 35.5. The first kappa shape index (κ1) is 12.9. The molecule has 2 nitrogen and oxygen atoms in total. The van der Waals surface area contributed by atoms with Crippen molar-refractivity contribution in [3.63, 3.8) is 0 Å². The number of halogens is 1. The summed E-state index contributed by atoms with van der Waals surface area (Å²) < 4.78 is 0. The van der Waals surface area contributed by atoms with Crippen LogP contribution in [0.25, 0.3) is 0 Å². The van der Waals surface area contributed by atoms with Crippen LogP contribution in [0.2, 0.25) is 5.02 Å². The molecule has 2 N–H and O–H groups in total. The SMILES string of the molecule is CC1CC(C)N(Cc2ccc(CN)cc2Cl)C1. The van der Waals surface area contributed by atoms with Crippen molar-refractivity contribution >= 4 is 11.6 Å². The van der Waals surface area contributed by atoms with Gasteiger partial charge in [0.1, 0.15) is 0 Å². The Labute approximate surface area is 109 Å². The first-order valence-electron chi connectivity index (χ1n) is 6.31. The van der Waals surface area contributed by atoms with E-state index in [4.69, 9.17) is 17.3 Å². The van der Waals surface area contributed by atoms with Crippen LogP contribution in [0.15, 0.2) is 18.2 Å². The summed E-state index contributed by atoms with van der Waals surface area (Å²) in [6, 6.07) is 6.84. The molecule has 2 rings (SSSR count). The minimum atomic E-state index is 0.553. The molecule has 0 aromatic heterocycles. The lowest BCUT2D eigenvalue weighted by Crippen LogP contribution is -2.26. The van der Waals surface area contributed by atoms with Crippen molar-refractivity contribution in [2.75, 3.05) is 6.54 Å². The maximum absolute atomic E-state index is 6.29. The summed E-state index contributed by atoms with van der Waals surface area (Å²) in [4.78, 5) is 2.51. The standard InChI is InChI=1S/C14H21ClN2/c1-10-5-11(2)17(8-10)9-13-4-3-12(7-16)6-14(13)15/h3-4,6,10-11H,5,7-9,16H2,1-2H3. The molecular weight excluding hydrogens is 232 g/mol. The van der Waals surface area contributed by atoms with Gasteiger partial charge < -0.3 is 5.73 Å². The fraction of sp³-hybridized carbons (Fsp3) is 0.571. The smallest absolute Gasteiger partial charge is 0.0454 e. The van der Waals surface area contributed by atoms with E-state index in [0.717, 1.165) is 23.0 Å². The van der Waals surface area contributed by atoms with Crippen molar-refractivity contribution in [3.8, 4) is 0 Å². The molecule has 3 heteroatoms. The van der Waals surface area contributed by atoms with Crippen LogP contribution in [-0.4, -0.2) is 17.5 Å². The number of hydrogen-bond acceptors (Lipinski definition) is 2. The lowest BCUT2D eigenvalue weighted by atomic mass is 10.1. The fourth-order valence-electron chi connectivity index (χ4n) is 2.67. The zero-order valence-electron chi connectivity index (χ0n) is 10.6. The van der Waals surface area contributed by atoms with Crippen LogP contribution in [0.4, 0.5) is 0 Å². The molecule has 2 unspecified atom stereocenters. The third-order valence-corrected chi connectivity index (χ3v) is 3.99. The summed E-state index contributed by atoms with van der Waals surface area (Å²) in [7, 11) is 0. The monoisotopic (exact) mass is 252 g/mol. The molecule has 1 heterocycles. The van der Waals surface area contributed by atoms with Crippen molar-refractivity contribution in [3.05, 3.63) is 34.3 Å². The third-order valence-electron chi connectivity index (χ3n) is 3.64. The van der Waals surface area contributed by atoms with Gasteiger partial charge in [0.15, 0.2) is 0 Å². The highest BCUT2D eigenvalue weighted by Gasteiger charge is 2.26. The minimum Gasteiger partial charge on any atom is -0.326 e. The van der Waals surface area contributed by atoms with Gasteiger partial charge in [0.05, 0.1) is 0 Å². The van der Waals surface area contributed by atoms with Gasteiger partial charge in [-0.2, -0.15) is 0 Å². The van der Waals surface area contributed by atoms with Gasteiger partial charge >= 0.3 is 0 Å². The Kier molecular flexibility index (Phi) is 4.08. The van der Waals surface area contributed by atoms with Crippen molar-refractivity contribution in [2.24, 2.45) is 11.7 Å². The molecule has 0 bridgehead atoms. The molecule has 17 heavy (non-hydrogen) atoms. The highest BCUT2D eigenvalue weighted by Crippen LogP contribution is 2.27. The lowest BCUT2D eigenvalue weighted by molar-refractivity contribution is 0.256. The summed E-state index contributed by atoms with van der Waals surface area (Å²) >= 11 is 6.29.